The minimum Gasteiger partial charge on any atom is -0.323 e. The fourth-order valence-electron chi connectivity index (χ4n) is 1.87. The highest BCUT2D eigenvalue weighted by Crippen LogP contribution is 2.30. The molecule has 2 rings (SSSR count). The molecule has 0 amide bonds. The lowest BCUT2D eigenvalue weighted by Gasteiger charge is -2.14. The van der Waals surface area contributed by atoms with E-state index in [-0.39, 0.29) is 5.75 Å². The third kappa shape index (κ3) is 4.15. The first-order valence-electron chi connectivity index (χ1n) is 6.24. The van der Waals surface area contributed by atoms with E-state index in [1.54, 1.807) is 30.3 Å². The molecule has 0 aliphatic heterocycles. The zero-order chi connectivity index (χ0) is 15.5. The smallest absolute Gasteiger partial charge is 0.323 e. The van der Waals surface area contributed by atoms with Crippen molar-refractivity contribution in [3.8, 4) is 0 Å². The van der Waals surface area contributed by atoms with E-state index < -0.39 is 28.6 Å². The van der Waals surface area contributed by atoms with Gasteiger partial charge in [-0.1, -0.05) is 30.3 Å². The summed E-state index contributed by atoms with van der Waals surface area (Å²) in [5.74, 6) is 0.0747. The van der Waals surface area contributed by atoms with Gasteiger partial charge in [-0.15, -0.1) is 0 Å². The molecule has 6 heteroatoms. The normalized spacial score (nSPS) is 14.7. The number of hydrogen-bond donors (Lipinski definition) is 1. The Kier molecular flexibility index (Phi) is 4.80. The Labute approximate surface area is 123 Å². The van der Waals surface area contributed by atoms with Crippen molar-refractivity contribution >= 4 is 10.8 Å². The third-order valence-electron chi connectivity index (χ3n) is 2.98. The van der Waals surface area contributed by atoms with Gasteiger partial charge in [-0.2, -0.15) is 13.2 Å². The number of nitrogens with two attached hydrogens (primary N) is 1. The molecule has 21 heavy (non-hydrogen) atoms. The van der Waals surface area contributed by atoms with Crippen LogP contribution in [0.25, 0.3) is 0 Å². The number of hydrogen-bond acceptors (Lipinski definition) is 2. The summed E-state index contributed by atoms with van der Waals surface area (Å²) in [5, 5.41) is 0. The SMILES string of the molecule is NC(CS(=O)c1ccccc1)c1cccc(C(F)(F)F)c1. The van der Waals surface area contributed by atoms with E-state index in [9.17, 15) is 17.4 Å². The quantitative estimate of drug-likeness (QED) is 0.938. The van der Waals surface area contributed by atoms with Crippen molar-refractivity contribution in [1.29, 1.82) is 0 Å². The van der Waals surface area contributed by atoms with E-state index in [0.29, 0.717) is 10.5 Å². The van der Waals surface area contributed by atoms with Crippen LogP contribution >= 0.6 is 0 Å². The summed E-state index contributed by atoms with van der Waals surface area (Å²) in [4.78, 5) is 0.611. The maximum absolute atomic E-state index is 12.7. The van der Waals surface area contributed by atoms with Gasteiger partial charge in [0.15, 0.2) is 0 Å². The van der Waals surface area contributed by atoms with Gasteiger partial charge in [-0.05, 0) is 29.8 Å². The van der Waals surface area contributed by atoms with Gasteiger partial charge in [0.25, 0.3) is 0 Å². The van der Waals surface area contributed by atoms with Gasteiger partial charge in [0.2, 0.25) is 0 Å². The molecule has 0 aromatic heterocycles. The summed E-state index contributed by atoms with van der Waals surface area (Å²) in [7, 11) is -1.35. The average Bonchev–Trinajstić information content (AvgIpc) is 2.47. The first kappa shape index (κ1) is 15.7. The largest absolute Gasteiger partial charge is 0.416 e. The Hall–Kier alpha value is -1.66. The molecular weight excluding hydrogens is 299 g/mol. The second-order valence-corrected chi connectivity index (χ2v) is 6.05. The van der Waals surface area contributed by atoms with Crippen LogP contribution in [0.15, 0.2) is 59.5 Å². The van der Waals surface area contributed by atoms with Crippen LogP contribution in [-0.4, -0.2) is 9.96 Å². The van der Waals surface area contributed by atoms with Crippen LogP contribution in [0.3, 0.4) is 0 Å². The molecule has 2 unspecified atom stereocenters. The lowest BCUT2D eigenvalue weighted by atomic mass is 10.1. The van der Waals surface area contributed by atoms with Crippen molar-refractivity contribution in [3.05, 3.63) is 65.7 Å². The molecule has 0 fully saturated rings. The molecule has 0 spiro atoms. The van der Waals surface area contributed by atoms with E-state index in [2.05, 4.69) is 0 Å². The Morgan fingerprint density at radius 1 is 1.05 bits per heavy atom. The third-order valence-corrected chi connectivity index (χ3v) is 4.44. The topological polar surface area (TPSA) is 43.1 Å². The predicted octanol–water partition coefficient (Wildman–Crippen LogP) is 3.51. The molecule has 0 bridgehead atoms. The maximum Gasteiger partial charge on any atom is 0.416 e. The minimum absolute atomic E-state index is 0.0747. The molecule has 0 saturated heterocycles. The molecule has 2 atom stereocenters. The van der Waals surface area contributed by atoms with Crippen LogP contribution in [-0.2, 0) is 17.0 Å². The molecule has 0 heterocycles. The van der Waals surface area contributed by atoms with Crippen LogP contribution in [0, 0.1) is 0 Å². The molecule has 2 aromatic rings. The molecular formula is C15H14F3NOS. The molecule has 2 nitrogen and oxygen atoms in total. The van der Waals surface area contributed by atoms with Crippen LogP contribution in [0.1, 0.15) is 17.2 Å². The van der Waals surface area contributed by atoms with Gasteiger partial charge in [-0.25, -0.2) is 0 Å². The molecule has 0 saturated carbocycles. The minimum atomic E-state index is -4.41. The van der Waals surface area contributed by atoms with Crippen molar-refractivity contribution in [2.45, 2.75) is 17.1 Å². The van der Waals surface area contributed by atoms with E-state index in [4.69, 9.17) is 5.73 Å². The average molecular weight is 313 g/mol. The lowest BCUT2D eigenvalue weighted by molar-refractivity contribution is -0.137. The summed E-state index contributed by atoms with van der Waals surface area (Å²) in [5.41, 5.74) is 5.46. The number of rotatable bonds is 4. The van der Waals surface area contributed by atoms with Gasteiger partial charge in [-0.3, -0.25) is 4.21 Å². The molecule has 0 aliphatic rings. The molecule has 112 valence electrons. The Balaban J connectivity index is 2.14. The van der Waals surface area contributed by atoms with Gasteiger partial charge in [0.05, 0.1) is 16.4 Å². The number of alkyl halides is 3. The summed E-state index contributed by atoms with van der Waals surface area (Å²) >= 11 is 0. The summed E-state index contributed by atoms with van der Waals surface area (Å²) in [6.45, 7) is 0. The zero-order valence-electron chi connectivity index (χ0n) is 11.0. The van der Waals surface area contributed by atoms with Crippen molar-refractivity contribution in [2.24, 2.45) is 5.73 Å². The molecule has 0 radical (unpaired) electrons. The lowest BCUT2D eigenvalue weighted by Crippen LogP contribution is -2.19. The zero-order valence-corrected chi connectivity index (χ0v) is 11.8. The fourth-order valence-corrected chi connectivity index (χ4v) is 3.05. The van der Waals surface area contributed by atoms with E-state index in [1.807, 2.05) is 0 Å². The van der Waals surface area contributed by atoms with Crippen LogP contribution < -0.4 is 5.73 Å². The second-order valence-electron chi connectivity index (χ2n) is 4.55. The van der Waals surface area contributed by atoms with Crippen LogP contribution in [0.4, 0.5) is 13.2 Å². The number of halogens is 3. The highest BCUT2D eigenvalue weighted by Gasteiger charge is 2.30. The Bertz CT molecular complexity index is 628. The van der Waals surface area contributed by atoms with E-state index in [0.717, 1.165) is 12.1 Å². The molecule has 0 aliphatic carbocycles. The standard InChI is InChI=1S/C15H14F3NOS/c16-15(17,18)12-6-4-5-11(9-12)14(19)10-21(20)13-7-2-1-3-8-13/h1-9,14H,10,19H2. The Morgan fingerprint density at radius 2 is 1.71 bits per heavy atom. The van der Waals surface area contributed by atoms with Gasteiger partial charge < -0.3 is 5.73 Å². The number of benzene rings is 2. The molecule has 2 N–H and O–H groups in total. The molecule has 2 aromatic carbocycles. The summed E-state index contributed by atoms with van der Waals surface area (Å²) in [6.07, 6.45) is -4.41. The maximum atomic E-state index is 12.7. The fraction of sp³-hybridized carbons (Fsp3) is 0.200. The monoisotopic (exact) mass is 313 g/mol. The van der Waals surface area contributed by atoms with Crippen molar-refractivity contribution in [3.63, 3.8) is 0 Å². The van der Waals surface area contributed by atoms with E-state index in [1.165, 1.54) is 12.1 Å². The van der Waals surface area contributed by atoms with Crippen LogP contribution in [0.5, 0.6) is 0 Å². The summed E-state index contributed by atoms with van der Waals surface area (Å²) < 4.78 is 50.1. The first-order valence-corrected chi connectivity index (χ1v) is 7.56. The van der Waals surface area contributed by atoms with Crippen molar-refractivity contribution < 1.29 is 17.4 Å². The highest BCUT2D eigenvalue weighted by molar-refractivity contribution is 7.85. The first-order chi connectivity index (χ1) is 9.88. The highest BCUT2D eigenvalue weighted by atomic mass is 32.2. The van der Waals surface area contributed by atoms with Crippen molar-refractivity contribution in [2.75, 3.05) is 5.75 Å². The Morgan fingerprint density at radius 3 is 2.33 bits per heavy atom. The summed E-state index contributed by atoms with van der Waals surface area (Å²) in [6, 6.07) is 12.8. The van der Waals surface area contributed by atoms with Gasteiger partial charge in [0.1, 0.15) is 0 Å². The van der Waals surface area contributed by atoms with Crippen molar-refractivity contribution in [1.82, 2.24) is 0 Å². The second kappa shape index (κ2) is 6.41. The van der Waals surface area contributed by atoms with Gasteiger partial charge in [0, 0.05) is 16.7 Å². The van der Waals surface area contributed by atoms with Crippen LogP contribution in [0.2, 0.25) is 0 Å². The van der Waals surface area contributed by atoms with Gasteiger partial charge >= 0.3 is 6.18 Å². The predicted molar refractivity (Wildman–Crippen MR) is 76.1 cm³/mol. The van der Waals surface area contributed by atoms with E-state index >= 15 is 0 Å².